The van der Waals surface area contributed by atoms with Gasteiger partial charge in [0.1, 0.15) is 24.9 Å². The van der Waals surface area contributed by atoms with E-state index >= 15 is 0 Å². The zero-order valence-corrected chi connectivity index (χ0v) is 12.4. The monoisotopic (exact) mass is 321 g/mol. The minimum atomic E-state index is -1.29. The highest BCUT2D eigenvalue weighted by Crippen LogP contribution is 2.21. The average Bonchev–Trinajstić information content (AvgIpc) is 2.45. The molecule has 1 rings (SSSR count). The number of unbranched alkanes of at least 4 members (excludes halogenated alkanes) is 1. The summed E-state index contributed by atoms with van der Waals surface area (Å²) in [5, 5.41) is 28.2. The molecular weight excluding hydrogens is 298 g/mol. The van der Waals surface area contributed by atoms with Gasteiger partial charge in [-0.15, -0.1) is 0 Å². The fraction of sp³-hybridized carbons (Fsp3) is 0.846. The van der Waals surface area contributed by atoms with E-state index in [9.17, 15) is 19.8 Å². The summed E-state index contributed by atoms with van der Waals surface area (Å²) in [6, 6.07) is -0.956. The molecule has 9 heteroatoms. The molecule has 5 atom stereocenters. The zero-order valence-electron chi connectivity index (χ0n) is 12.4. The van der Waals surface area contributed by atoms with Gasteiger partial charge < -0.3 is 35.3 Å². The Hall–Kier alpha value is -1.26. The number of nitrogens with two attached hydrogens (primary N) is 1. The molecule has 0 spiro atoms. The maximum Gasteiger partial charge on any atom is 0.303 e. The highest BCUT2D eigenvalue weighted by atomic mass is 16.7. The third-order valence-corrected chi connectivity index (χ3v) is 3.27. The topological polar surface area (TPSA) is 149 Å². The summed E-state index contributed by atoms with van der Waals surface area (Å²) in [6.07, 6.45) is -3.51. The lowest BCUT2D eigenvalue weighted by Gasteiger charge is -2.40. The number of hydrogen-bond donors (Lipinski definition) is 4. The first-order valence-corrected chi connectivity index (χ1v) is 7.07. The fourth-order valence-corrected chi connectivity index (χ4v) is 2.02. The number of aliphatic hydroxyl groups excluding tert-OH is 2. The van der Waals surface area contributed by atoms with Crippen LogP contribution in [0.2, 0.25) is 0 Å². The smallest absolute Gasteiger partial charge is 0.303 e. The molecule has 9 nitrogen and oxygen atoms in total. The van der Waals surface area contributed by atoms with Gasteiger partial charge in [0.25, 0.3) is 0 Å². The number of carboxylic acids is 1. The number of carbonyl (C=O) groups excluding carboxylic acids is 1. The number of carboxylic acid groups (broad SMARTS) is 1. The second kappa shape index (κ2) is 9.01. The molecular formula is C13H23NO8. The van der Waals surface area contributed by atoms with E-state index in [4.69, 9.17) is 25.1 Å². The maximum atomic E-state index is 10.8. The molecule has 1 fully saturated rings. The van der Waals surface area contributed by atoms with Crippen LogP contribution in [0.3, 0.4) is 0 Å². The van der Waals surface area contributed by atoms with E-state index in [0.29, 0.717) is 12.8 Å². The molecule has 128 valence electrons. The molecule has 22 heavy (non-hydrogen) atoms. The van der Waals surface area contributed by atoms with Gasteiger partial charge >= 0.3 is 11.9 Å². The van der Waals surface area contributed by atoms with Crippen LogP contribution >= 0.6 is 0 Å². The number of esters is 1. The van der Waals surface area contributed by atoms with Crippen LogP contribution in [0.1, 0.15) is 26.2 Å². The highest BCUT2D eigenvalue weighted by molar-refractivity contribution is 5.66. The van der Waals surface area contributed by atoms with Crippen molar-refractivity contribution >= 4 is 11.9 Å². The summed E-state index contributed by atoms with van der Waals surface area (Å²) in [7, 11) is 0. The summed E-state index contributed by atoms with van der Waals surface area (Å²) in [5.41, 5.74) is 5.73. The normalized spacial score (nSPS) is 31.7. The molecule has 0 amide bonds. The van der Waals surface area contributed by atoms with Crippen LogP contribution in [0.4, 0.5) is 0 Å². The van der Waals surface area contributed by atoms with E-state index in [1.54, 1.807) is 0 Å². The number of carbonyl (C=O) groups is 2. The van der Waals surface area contributed by atoms with Crippen molar-refractivity contribution in [1.29, 1.82) is 0 Å². The Morgan fingerprint density at radius 3 is 2.50 bits per heavy atom. The first-order valence-electron chi connectivity index (χ1n) is 7.07. The maximum absolute atomic E-state index is 10.8. The number of rotatable bonds is 8. The summed E-state index contributed by atoms with van der Waals surface area (Å²) in [5.74, 6) is -1.42. The molecule has 0 bridgehead atoms. The van der Waals surface area contributed by atoms with Gasteiger partial charge in [-0.1, -0.05) is 0 Å². The molecule has 0 aromatic rings. The Morgan fingerprint density at radius 1 is 1.23 bits per heavy atom. The van der Waals surface area contributed by atoms with Crippen LogP contribution in [0.5, 0.6) is 0 Å². The van der Waals surface area contributed by atoms with Gasteiger partial charge in [-0.05, 0) is 12.8 Å². The molecule has 1 aliphatic rings. The molecule has 0 radical (unpaired) electrons. The minimum Gasteiger partial charge on any atom is -0.481 e. The molecule has 0 aliphatic carbocycles. The van der Waals surface area contributed by atoms with Crippen LogP contribution < -0.4 is 5.73 Å². The van der Waals surface area contributed by atoms with Crippen molar-refractivity contribution in [2.24, 2.45) is 5.73 Å². The quantitative estimate of drug-likeness (QED) is 0.312. The van der Waals surface area contributed by atoms with Gasteiger partial charge in [0.15, 0.2) is 6.29 Å². The van der Waals surface area contributed by atoms with Crippen LogP contribution in [0, 0.1) is 0 Å². The SMILES string of the molecule is CC(=O)OCC1O[C@@H](OCCCCC(=O)O)C(N)[C@@H](O)[C@H]1O. The van der Waals surface area contributed by atoms with E-state index in [2.05, 4.69) is 0 Å². The van der Waals surface area contributed by atoms with Crippen LogP contribution in [-0.2, 0) is 23.8 Å². The van der Waals surface area contributed by atoms with Gasteiger partial charge in [0.2, 0.25) is 0 Å². The Kier molecular flexibility index (Phi) is 7.69. The lowest BCUT2D eigenvalue weighted by molar-refractivity contribution is -0.267. The molecule has 0 aromatic heterocycles. The van der Waals surface area contributed by atoms with E-state index in [0.717, 1.165) is 0 Å². The highest BCUT2D eigenvalue weighted by Gasteiger charge is 2.43. The predicted octanol–water partition coefficient (Wildman–Crippen LogP) is -1.40. The molecule has 2 unspecified atom stereocenters. The second-order valence-electron chi connectivity index (χ2n) is 5.13. The van der Waals surface area contributed by atoms with Gasteiger partial charge in [-0.3, -0.25) is 9.59 Å². The molecule has 1 saturated heterocycles. The van der Waals surface area contributed by atoms with E-state index in [1.807, 2.05) is 0 Å². The first-order chi connectivity index (χ1) is 10.3. The number of hydrogen-bond acceptors (Lipinski definition) is 8. The average molecular weight is 321 g/mol. The minimum absolute atomic E-state index is 0.0390. The van der Waals surface area contributed by atoms with Crippen molar-refractivity contribution < 1.29 is 39.1 Å². The van der Waals surface area contributed by atoms with E-state index in [-0.39, 0.29) is 19.6 Å². The standard InChI is InChI=1S/C13H23NO8/c1-7(15)21-6-8-11(18)12(19)10(14)13(22-8)20-5-3-2-4-9(16)17/h8,10-13,18-19H,2-6,14H2,1H3,(H,16,17)/t8?,10?,11-,12+,13+/m0/s1. The summed E-state index contributed by atoms with van der Waals surface area (Å²) in [4.78, 5) is 21.2. The molecule has 5 N–H and O–H groups in total. The lowest BCUT2D eigenvalue weighted by atomic mass is 9.98. The van der Waals surface area contributed by atoms with Crippen LogP contribution in [0.25, 0.3) is 0 Å². The third kappa shape index (κ3) is 5.85. The summed E-state index contributed by atoms with van der Waals surface area (Å²) >= 11 is 0. The van der Waals surface area contributed by atoms with Gasteiger partial charge in [0.05, 0.1) is 6.04 Å². The van der Waals surface area contributed by atoms with E-state index < -0.39 is 42.6 Å². The van der Waals surface area contributed by atoms with Gasteiger partial charge in [-0.25, -0.2) is 0 Å². The van der Waals surface area contributed by atoms with Crippen molar-refractivity contribution in [3.8, 4) is 0 Å². The molecule has 0 saturated carbocycles. The Labute approximate surface area is 127 Å². The summed E-state index contributed by atoms with van der Waals surface area (Å²) in [6.45, 7) is 1.20. The van der Waals surface area contributed by atoms with Crippen molar-refractivity contribution in [3.05, 3.63) is 0 Å². The van der Waals surface area contributed by atoms with Gasteiger partial charge in [0, 0.05) is 20.0 Å². The Morgan fingerprint density at radius 2 is 1.91 bits per heavy atom. The van der Waals surface area contributed by atoms with Crippen molar-refractivity contribution in [2.75, 3.05) is 13.2 Å². The predicted molar refractivity (Wildman–Crippen MR) is 72.7 cm³/mol. The second-order valence-corrected chi connectivity index (χ2v) is 5.13. The van der Waals surface area contributed by atoms with Crippen LogP contribution in [-0.4, -0.2) is 71.1 Å². The number of ether oxygens (including phenoxy) is 3. The van der Waals surface area contributed by atoms with Crippen molar-refractivity contribution in [3.63, 3.8) is 0 Å². The lowest BCUT2D eigenvalue weighted by Crippen LogP contribution is -2.62. The third-order valence-electron chi connectivity index (χ3n) is 3.27. The number of aliphatic hydroxyl groups is 2. The first kappa shape index (κ1) is 18.8. The summed E-state index contributed by atoms with van der Waals surface area (Å²) < 4.78 is 15.5. The Bertz CT molecular complexity index is 377. The molecule has 0 aromatic carbocycles. The molecule has 1 heterocycles. The van der Waals surface area contributed by atoms with Gasteiger partial charge in [-0.2, -0.15) is 0 Å². The van der Waals surface area contributed by atoms with Crippen molar-refractivity contribution in [1.82, 2.24) is 0 Å². The Balaban J connectivity index is 2.43. The zero-order chi connectivity index (χ0) is 16.7. The van der Waals surface area contributed by atoms with Crippen LogP contribution in [0.15, 0.2) is 0 Å². The fourth-order valence-electron chi connectivity index (χ4n) is 2.02. The van der Waals surface area contributed by atoms with E-state index in [1.165, 1.54) is 6.92 Å². The number of aliphatic carboxylic acids is 1. The van der Waals surface area contributed by atoms with Crippen molar-refractivity contribution in [2.45, 2.75) is 56.8 Å². The molecule has 1 aliphatic heterocycles. The largest absolute Gasteiger partial charge is 0.481 e.